The van der Waals surface area contributed by atoms with E-state index in [-0.39, 0.29) is 36.0 Å². The van der Waals surface area contributed by atoms with Gasteiger partial charge in [-0.3, -0.25) is 4.79 Å². The van der Waals surface area contributed by atoms with Crippen molar-refractivity contribution < 1.29 is 14.3 Å². The van der Waals surface area contributed by atoms with Gasteiger partial charge >= 0.3 is 41.6 Å². The van der Waals surface area contributed by atoms with Crippen LogP contribution in [-0.2, 0) is 9.53 Å². The molecule has 66 valence electrons. The first-order valence-electron chi connectivity index (χ1n) is 3.67. The second-order valence-corrected chi connectivity index (χ2v) is 2.25. The molecule has 0 saturated carbocycles. The first-order valence-corrected chi connectivity index (χ1v) is 3.67. The first kappa shape index (κ1) is 14.5. The number of hydrogen-bond donors (Lipinski definition) is 1. The van der Waals surface area contributed by atoms with E-state index in [9.17, 15) is 9.59 Å². The molecule has 1 amide bonds. The second-order valence-electron chi connectivity index (χ2n) is 2.25. The van der Waals surface area contributed by atoms with E-state index in [1.165, 1.54) is 0 Å². The predicted molar refractivity (Wildman–Crippen MR) is 47.0 cm³/mol. The van der Waals surface area contributed by atoms with Gasteiger partial charge < -0.3 is 10.5 Å². The van der Waals surface area contributed by atoms with Gasteiger partial charge in [0.1, 0.15) is 0 Å². The third-order valence-corrected chi connectivity index (χ3v) is 1.20. The third kappa shape index (κ3) is 9.94. The van der Waals surface area contributed by atoms with E-state index in [4.69, 9.17) is 0 Å². The maximum absolute atomic E-state index is 10.6. The molecule has 4 nitrogen and oxygen atoms in total. The van der Waals surface area contributed by atoms with Gasteiger partial charge in [0, 0.05) is 6.42 Å². The summed E-state index contributed by atoms with van der Waals surface area (Å²) >= 11 is 0. The van der Waals surface area contributed by atoms with Crippen molar-refractivity contribution in [2.45, 2.75) is 32.6 Å². The van der Waals surface area contributed by atoms with Gasteiger partial charge in [-0.25, -0.2) is 4.79 Å². The van der Waals surface area contributed by atoms with Crippen molar-refractivity contribution in [1.29, 1.82) is 0 Å². The zero-order valence-electron chi connectivity index (χ0n) is 6.63. The van der Waals surface area contributed by atoms with E-state index < -0.39 is 12.1 Å². The average Bonchev–Trinajstić information content (AvgIpc) is 1.86. The van der Waals surface area contributed by atoms with Crippen LogP contribution in [0.2, 0.25) is 0 Å². The van der Waals surface area contributed by atoms with E-state index in [1.807, 2.05) is 6.92 Å². The summed E-state index contributed by atoms with van der Waals surface area (Å²) in [5, 5.41) is 0. The van der Waals surface area contributed by atoms with Gasteiger partial charge in [-0.1, -0.05) is 19.8 Å². The molecule has 0 aromatic rings. The zero-order valence-corrected chi connectivity index (χ0v) is 6.63. The van der Waals surface area contributed by atoms with Crippen molar-refractivity contribution in [3.05, 3.63) is 0 Å². The van der Waals surface area contributed by atoms with Crippen molar-refractivity contribution in [3.8, 4) is 0 Å². The molecular formula is C7H14NNaO3. The SMILES string of the molecule is CCCCCC(=O)OC(N)=O.[NaH]. The first-order chi connectivity index (χ1) is 5.16. The Morgan fingerprint density at radius 2 is 1.92 bits per heavy atom. The molecule has 5 heteroatoms. The molecule has 0 spiro atoms. The van der Waals surface area contributed by atoms with Crippen LogP contribution in [0.25, 0.3) is 0 Å². The Labute approximate surface area is 94.1 Å². The number of rotatable bonds is 4. The van der Waals surface area contributed by atoms with Crippen molar-refractivity contribution in [2.24, 2.45) is 5.73 Å². The molecule has 0 aromatic carbocycles. The Balaban J connectivity index is 0. The molecule has 0 aliphatic carbocycles. The zero-order chi connectivity index (χ0) is 8.69. The molecule has 12 heavy (non-hydrogen) atoms. The fraction of sp³-hybridized carbons (Fsp3) is 0.714. The van der Waals surface area contributed by atoms with Crippen LogP contribution in [0.15, 0.2) is 0 Å². The van der Waals surface area contributed by atoms with Crippen LogP contribution in [0.4, 0.5) is 4.79 Å². The predicted octanol–water partition coefficient (Wildman–Crippen LogP) is 0.540. The summed E-state index contributed by atoms with van der Waals surface area (Å²) in [6.07, 6.45) is 2.00. The summed E-state index contributed by atoms with van der Waals surface area (Å²) < 4.78 is 4.10. The minimum atomic E-state index is -1.02. The van der Waals surface area contributed by atoms with E-state index in [0.29, 0.717) is 0 Å². The summed E-state index contributed by atoms with van der Waals surface area (Å²) in [6, 6.07) is 0. The molecule has 0 unspecified atom stereocenters. The Hall–Kier alpha value is -0.0600. The van der Waals surface area contributed by atoms with Gasteiger partial charge in [0.05, 0.1) is 0 Å². The number of ether oxygens (including phenoxy) is 1. The van der Waals surface area contributed by atoms with Crippen LogP contribution in [0.5, 0.6) is 0 Å². The Bertz CT molecular complexity index is 150. The summed E-state index contributed by atoms with van der Waals surface area (Å²) in [6.45, 7) is 2.03. The monoisotopic (exact) mass is 183 g/mol. The number of unbranched alkanes of at least 4 members (excludes halogenated alkanes) is 2. The van der Waals surface area contributed by atoms with Crippen LogP contribution in [0, 0.1) is 0 Å². The van der Waals surface area contributed by atoms with Crippen LogP contribution < -0.4 is 5.73 Å². The number of hydrogen-bond acceptors (Lipinski definition) is 3. The summed E-state index contributed by atoms with van der Waals surface area (Å²) in [5.41, 5.74) is 4.62. The van der Waals surface area contributed by atoms with Gasteiger partial charge in [0.15, 0.2) is 0 Å². The number of nitrogens with two attached hydrogens (primary N) is 1. The Morgan fingerprint density at radius 3 is 2.33 bits per heavy atom. The van der Waals surface area contributed by atoms with Crippen molar-refractivity contribution in [1.82, 2.24) is 0 Å². The molecule has 0 aromatic heterocycles. The third-order valence-electron chi connectivity index (χ3n) is 1.20. The standard InChI is InChI=1S/C7H13NO3.Na.H/c1-2-3-4-5-6(9)11-7(8)10;;/h2-5H2,1H3,(H2,8,10);;. The number of esters is 1. The quantitative estimate of drug-likeness (QED) is 0.299. The van der Waals surface area contributed by atoms with Crippen LogP contribution in [0.3, 0.4) is 0 Å². The van der Waals surface area contributed by atoms with Crippen molar-refractivity contribution in [2.75, 3.05) is 0 Å². The summed E-state index contributed by atoms with van der Waals surface area (Å²) in [7, 11) is 0. The maximum atomic E-state index is 10.6. The molecule has 0 saturated heterocycles. The Kier molecular flexibility index (Phi) is 10.9. The summed E-state index contributed by atoms with van der Waals surface area (Å²) in [5.74, 6) is -0.536. The molecule has 0 rings (SSSR count). The van der Waals surface area contributed by atoms with Gasteiger partial charge in [-0.2, -0.15) is 0 Å². The Morgan fingerprint density at radius 1 is 1.33 bits per heavy atom. The normalized spacial score (nSPS) is 8.42. The van der Waals surface area contributed by atoms with Gasteiger partial charge in [0.2, 0.25) is 0 Å². The van der Waals surface area contributed by atoms with Crippen LogP contribution in [-0.4, -0.2) is 41.6 Å². The summed E-state index contributed by atoms with van der Waals surface area (Å²) in [4.78, 5) is 20.6. The number of amides is 1. The molecule has 2 N–H and O–H groups in total. The van der Waals surface area contributed by atoms with Gasteiger partial charge in [-0.05, 0) is 6.42 Å². The van der Waals surface area contributed by atoms with E-state index in [1.54, 1.807) is 0 Å². The van der Waals surface area contributed by atoms with Crippen LogP contribution >= 0.6 is 0 Å². The molecule has 0 heterocycles. The molecule has 0 atom stereocenters. The van der Waals surface area contributed by atoms with Gasteiger partial charge in [0.25, 0.3) is 0 Å². The molecular weight excluding hydrogens is 169 g/mol. The van der Waals surface area contributed by atoms with Crippen LogP contribution in [0.1, 0.15) is 32.6 Å². The molecule has 0 aliphatic heterocycles. The van der Waals surface area contributed by atoms with Gasteiger partial charge in [-0.15, -0.1) is 0 Å². The molecule has 0 bridgehead atoms. The van der Waals surface area contributed by atoms with Crippen molar-refractivity contribution >= 4 is 41.6 Å². The van der Waals surface area contributed by atoms with E-state index in [2.05, 4.69) is 10.5 Å². The van der Waals surface area contributed by atoms with E-state index >= 15 is 0 Å². The topological polar surface area (TPSA) is 69.4 Å². The number of primary amides is 1. The minimum absolute atomic E-state index is 0. The fourth-order valence-corrected chi connectivity index (χ4v) is 0.683. The average molecular weight is 183 g/mol. The number of carbonyl (C=O) groups excluding carboxylic acids is 2. The second kappa shape index (κ2) is 9.03. The van der Waals surface area contributed by atoms with Crippen molar-refractivity contribution in [3.63, 3.8) is 0 Å². The molecule has 0 aliphatic rings. The molecule has 0 radical (unpaired) electrons. The molecule has 0 fully saturated rings. The number of carbonyl (C=O) groups is 2. The van der Waals surface area contributed by atoms with E-state index in [0.717, 1.165) is 19.3 Å². The fourth-order valence-electron chi connectivity index (χ4n) is 0.683.